The van der Waals surface area contributed by atoms with E-state index in [-0.39, 0.29) is 19.4 Å². The van der Waals surface area contributed by atoms with Crippen molar-refractivity contribution < 1.29 is 52.9 Å². The van der Waals surface area contributed by atoms with Gasteiger partial charge in [-0.3, -0.25) is 18.6 Å². The Hall–Kier alpha value is -2.37. The molecule has 59 heavy (non-hydrogen) atoms. The minimum absolute atomic E-state index is 0.0908. The van der Waals surface area contributed by atoms with E-state index in [9.17, 15) is 29.3 Å². The molecule has 0 radical (unpaired) electrons. The monoisotopic (exact) mass is 855 g/mol. The van der Waals surface area contributed by atoms with Gasteiger partial charge in [-0.25, -0.2) is 4.57 Å². The number of carbonyl (C=O) groups is 2. The van der Waals surface area contributed by atoms with E-state index in [1.165, 1.54) is 77.0 Å². The maximum Gasteiger partial charge on any atom is 0.472 e. The van der Waals surface area contributed by atoms with Crippen molar-refractivity contribution in [3.63, 3.8) is 0 Å². The molecule has 0 fully saturated rings. The number of ether oxygens (including phenoxy) is 2. The molecule has 0 amide bonds. The van der Waals surface area contributed by atoms with Crippen LogP contribution < -0.4 is 0 Å². The molecule has 342 valence electrons. The van der Waals surface area contributed by atoms with Crippen LogP contribution in [0.1, 0.15) is 175 Å². The van der Waals surface area contributed by atoms with E-state index >= 15 is 0 Å². The predicted molar refractivity (Wildman–Crippen MR) is 239 cm³/mol. The SMILES string of the molecule is CCC(C)CCCCCCCCCCCCCCCCC(=O)OC[C@H](COP(=O)(O)OC[C@@H](O)CO)OC(=O)CCC/C=C\C/C=C\C/C=C\C/C=C\C=C\[C@H](O)CC. The Morgan fingerprint density at radius 1 is 0.610 bits per heavy atom. The van der Waals surface area contributed by atoms with Crippen LogP contribution in [0, 0.1) is 5.92 Å². The fraction of sp³-hybridized carbons (Fsp3) is 0.745. The predicted octanol–water partition coefficient (Wildman–Crippen LogP) is 11.1. The number of hydrogen-bond donors (Lipinski definition) is 4. The second kappa shape index (κ2) is 41.0. The lowest BCUT2D eigenvalue weighted by Crippen LogP contribution is -2.29. The highest BCUT2D eigenvalue weighted by Gasteiger charge is 2.27. The van der Waals surface area contributed by atoms with Crippen LogP contribution in [-0.4, -0.2) is 76.9 Å². The van der Waals surface area contributed by atoms with E-state index in [1.54, 1.807) is 6.08 Å². The summed E-state index contributed by atoms with van der Waals surface area (Å²) < 4.78 is 32.7. The molecule has 0 aliphatic heterocycles. The van der Waals surface area contributed by atoms with Gasteiger partial charge in [0.1, 0.15) is 12.7 Å². The Labute approximate surface area is 358 Å². The highest BCUT2D eigenvalue weighted by atomic mass is 31.2. The topological polar surface area (TPSA) is 169 Å². The van der Waals surface area contributed by atoms with Crippen LogP contribution in [-0.2, 0) is 32.7 Å². The normalized spacial score (nSPS) is 15.4. The van der Waals surface area contributed by atoms with Gasteiger partial charge in [0.15, 0.2) is 6.10 Å². The van der Waals surface area contributed by atoms with Gasteiger partial charge in [0.25, 0.3) is 0 Å². The maximum atomic E-state index is 12.6. The third-order valence-corrected chi connectivity index (χ3v) is 10.8. The molecule has 0 saturated carbocycles. The Morgan fingerprint density at radius 2 is 1.12 bits per heavy atom. The average molecular weight is 855 g/mol. The number of unbranched alkanes of at least 4 members (excludes halogenated alkanes) is 14. The van der Waals surface area contributed by atoms with Gasteiger partial charge >= 0.3 is 19.8 Å². The van der Waals surface area contributed by atoms with Crippen LogP contribution in [0.5, 0.6) is 0 Å². The minimum atomic E-state index is -4.64. The number of carbonyl (C=O) groups excluding carboxylic acids is 2. The summed E-state index contributed by atoms with van der Waals surface area (Å²) >= 11 is 0. The molecule has 0 aliphatic rings. The molecular weight excluding hydrogens is 771 g/mol. The zero-order valence-electron chi connectivity index (χ0n) is 37.0. The second-order valence-electron chi connectivity index (χ2n) is 15.5. The summed E-state index contributed by atoms with van der Waals surface area (Å²) in [4.78, 5) is 35.0. The molecule has 0 rings (SSSR count). The number of hydrogen-bond acceptors (Lipinski definition) is 10. The van der Waals surface area contributed by atoms with Gasteiger partial charge in [-0.1, -0.05) is 178 Å². The number of aliphatic hydroxyl groups is 3. The largest absolute Gasteiger partial charge is 0.472 e. The van der Waals surface area contributed by atoms with E-state index in [0.29, 0.717) is 25.7 Å². The number of allylic oxidation sites excluding steroid dienone is 9. The number of rotatable bonds is 41. The standard InChI is InChI=1S/C47H83O11P/c1-4-42(3)34-30-26-22-18-14-10-6-8-12-16-20-24-28-32-36-46(51)55-40-45(41-57-59(53,54)56-39-44(50)38-48)58-47(52)37-33-29-25-21-17-13-9-7-11-15-19-23-27-31-35-43(49)5-2/h9,11,13,15,21,23,25,27,31,35,42-45,48-50H,4-8,10,12,14,16-20,22,24,26,28-30,32-34,36-41H2,1-3H3,(H,53,54)/b13-9-,15-11-,25-21-,27-23-,35-31+/t42?,43-,44+,45-/m1/s1. The summed E-state index contributed by atoms with van der Waals surface area (Å²) in [6.07, 6.45) is 41.4. The summed E-state index contributed by atoms with van der Waals surface area (Å²) in [6.45, 7) is 4.35. The van der Waals surface area contributed by atoms with E-state index in [0.717, 1.165) is 44.4 Å². The van der Waals surface area contributed by atoms with Crippen LogP contribution in [0.3, 0.4) is 0 Å². The molecule has 0 heterocycles. The van der Waals surface area contributed by atoms with Crippen LogP contribution in [0.25, 0.3) is 0 Å². The third-order valence-electron chi connectivity index (χ3n) is 9.88. The average Bonchev–Trinajstić information content (AvgIpc) is 3.23. The van der Waals surface area contributed by atoms with Crippen molar-refractivity contribution in [1.82, 2.24) is 0 Å². The molecule has 4 N–H and O–H groups in total. The van der Waals surface area contributed by atoms with Gasteiger partial charge in [0.2, 0.25) is 0 Å². The highest BCUT2D eigenvalue weighted by molar-refractivity contribution is 7.47. The first-order chi connectivity index (χ1) is 28.5. The first kappa shape index (κ1) is 56.6. The zero-order chi connectivity index (χ0) is 43.7. The molecule has 2 unspecified atom stereocenters. The van der Waals surface area contributed by atoms with Crippen LogP contribution in [0.4, 0.5) is 0 Å². The maximum absolute atomic E-state index is 12.6. The molecule has 11 nitrogen and oxygen atoms in total. The van der Waals surface area contributed by atoms with Gasteiger partial charge in [-0.15, -0.1) is 0 Å². The quantitative estimate of drug-likeness (QED) is 0.0152. The lowest BCUT2D eigenvalue weighted by Gasteiger charge is -2.20. The number of phosphoric ester groups is 1. The third kappa shape index (κ3) is 40.8. The van der Waals surface area contributed by atoms with Crippen molar-refractivity contribution >= 4 is 19.8 Å². The molecule has 0 saturated heterocycles. The van der Waals surface area contributed by atoms with E-state index in [1.807, 2.05) is 37.3 Å². The molecule has 0 spiro atoms. The first-order valence-electron chi connectivity index (χ1n) is 22.7. The van der Waals surface area contributed by atoms with E-state index < -0.39 is 57.9 Å². The molecule has 0 aliphatic carbocycles. The number of aliphatic hydroxyl groups excluding tert-OH is 3. The summed E-state index contributed by atoms with van der Waals surface area (Å²) in [5.74, 6) is -0.143. The van der Waals surface area contributed by atoms with Crippen molar-refractivity contribution in [2.75, 3.05) is 26.4 Å². The minimum Gasteiger partial charge on any atom is -0.462 e. The van der Waals surface area contributed by atoms with Gasteiger partial charge in [0.05, 0.1) is 25.9 Å². The lowest BCUT2D eigenvalue weighted by molar-refractivity contribution is -0.161. The molecular formula is C47H83O11P. The Balaban J connectivity index is 4.37. The zero-order valence-corrected chi connectivity index (χ0v) is 37.9. The van der Waals surface area contributed by atoms with E-state index in [2.05, 4.69) is 42.7 Å². The van der Waals surface area contributed by atoms with Gasteiger partial charge < -0.3 is 29.7 Å². The number of esters is 2. The van der Waals surface area contributed by atoms with Gasteiger partial charge in [-0.2, -0.15) is 0 Å². The highest BCUT2D eigenvalue weighted by Crippen LogP contribution is 2.43. The van der Waals surface area contributed by atoms with Crippen molar-refractivity contribution in [2.24, 2.45) is 5.92 Å². The number of phosphoric acid groups is 1. The fourth-order valence-corrected chi connectivity index (χ4v) is 6.63. The Kier molecular flexibility index (Phi) is 39.4. The van der Waals surface area contributed by atoms with Crippen molar-refractivity contribution in [3.05, 3.63) is 60.8 Å². The Morgan fingerprint density at radius 3 is 1.68 bits per heavy atom. The lowest BCUT2D eigenvalue weighted by atomic mass is 9.99. The Bertz CT molecular complexity index is 1200. The summed E-state index contributed by atoms with van der Waals surface area (Å²) in [7, 11) is -4.64. The van der Waals surface area contributed by atoms with Gasteiger partial charge in [0, 0.05) is 12.8 Å². The molecule has 0 aromatic rings. The summed E-state index contributed by atoms with van der Waals surface area (Å²) in [6, 6.07) is 0. The van der Waals surface area contributed by atoms with Crippen LogP contribution in [0.2, 0.25) is 0 Å². The second-order valence-corrected chi connectivity index (χ2v) is 16.9. The van der Waals surface area contributed by atoms with Crippen molar-refractivity contribution in [1.29, 1.82) is 0 Å². The molecule has 12 heteroatoms. The van der Waals surface area contributed by atoms with Crippen LogP contribution >= 0.6 is 7.82 Å². The molecule has 5 atom stereocenters. The summed E-state index contributed by atoms with van der Waals surface area (Å²) in [5.41, 5.74) is 0. The smallest absolute Gasteiger partial charge is 0.462 e. The fourth-order valence-electron chi connectivity index (χ4n) is 5.84. The van der Waals surface area contributed by atoms with Crippen LogP contribution in [0.15, 0.2) is 60.8 Å². The van der Waals surface area contributed by atoms with Crippen molar-refractivity contribution in [2.45, 2.75) is 193 Å². The van der Waals surface area contributed by atoms with E-state index in [4.69, 9.17) is 19.1 Å². The van der Waals surface area contributed by atoms with Gasteiger partial charge in [-0.05, 0) is 50.9 Å². The molecule has 0 bridgehead atoms. The summed E-state index contributed by atoms with van der Waals surface area (Å²) in [5, 5.41) is 27.8. The first-order valence-corrected chi connectivity index (χ1v) is 24.2. The molecule has 0 aromatic carbocycles. The molecule has 0 aromatic heterocycles. The van der Waals surface area contributed by atoms with Crippen molar-refractivity contribution in [3.8, 4) is 0 Å².